The molecule has 1 aromatic carbocycles. The second kappa shape index (κ2) is 7.00. The van der Waals surface area contributed by atoms with Crippen molar-refractivity contribution in [2.45, 2.75) is 31.4 Å². The fraction of sp³-hybridized carbons (Fsp3) is 0.562. The van der Waals surface area contributed by atoms with E-state index in [1.807, 2.05) is 14.1 Å². The van der Waals surface area contributed by atoms with Gasteiger partial charge in [-0.25, -0.2) is 4.39 Å². The molecular weight excluding hydrogens is 271 g/mol. The summed E-state index contributed by atoms with van der Waals surface area (Å²) in [6.07, 6.45) is 1.41. The lowest BCUT2D eigenvalue weighted by Crippen LogP contribution is -2.41. The Morgan fingerprint density at radius 3 is 2.76 bits per heavy atom. The molecule has 1 aromatic rings. The van der Waals surface area contributed by atoms with Crippen molar-refractivity contribution in [2.24, 2.45) is 5.92 Å². The van der Waals surface area contributed by atoms with Crippen molar-refractivity contribution >= 4 is 5.91 Å². The van der Waals surface area contributed by atoms with Gasteiger partial charge in [0.1, 0.15) is 5.82 Å². The monoisotopic (exact) mass is 294 g/mol. The first kappa shape index (κ1) is 15.9. The first-order chi connectivity index (χ1) is 9.97. The molecule has 4 nitrogen and oxygen atoms in total. The molecule has 0 spiro atoms. The molecule has 0 heterocycles. The van der Waals surface area contributed by atoms with Crippen LogP contribution in [0.15, 0.2) is 24.3 Å². The number of benzene rings is 1. The Morgan fingerprint density at radius 1 is 1.48 bits per heavy atom. The Hall–Kier alpha value is -1.46. The quantitative estimate of drug-likeness (QED) is 0.805. The van der Waals surface area contributed by atoms with E-state index in [0.29, 0.717) is 24.1 Å². The summed E-state index contributed by atoms with van der Waals surface area (Å²) in [5, 5.41) is 12.8. The number of likely N-dealkylation sites (N-methyl/N-ethyl adjacent to an activating group) is 1. The Labute approximate surface area is 125 Å². The number of hydrogen-bond acceptors (Lipinski definition) is 3. The van der Waals surface area contributed by atoms with Crippen molar-refractivity contribution in [3.8, 4) is 0 Å². The zero-order chi connectivity index (χ0) is 15.4. The van der Waals surface area contributed by atoms with Crippen molar-refractivity contribution in [3.63, 3.8) is 0 Å². The second-order valence-electron chi connectivity index (χ2n) is 5.95. The van der Waals surface area contributed by atoms with Crippen molar-refractivity contribution in [3.05, 3.63) is 35.6 Å². The summed E-state index contributed by atoms with van der Waals surface area (Å²) >= 11 is 0. The lowest BCUT2D eigenvalue weighted by molar-refractivity contribution is -0.123. The van der Waals surface area contributed by atoms with Crippen LogP contribution in [0.25, 0.3) is 0 Å². The van der Waals surface area contributed by atoms with Crippen molar-refractivity contribution in [2.75, 3.05) is 20.6 Å². The minimum atomic E-state index is -0.973. The Kier molecular flexibility index (Phi) is 5.31. The highest BCUT2D eigenvalue weighted by Crippen LogP contribution is 2.34. The number of aliphatic hydroxyl groups excluding tert-OH is 1. The number of aliphatic hydroxyl groups is 1. The number of amides is 1. The Balaban J connectivity index is 1.81. The van der Waals surface area contributed by atoms with E-state index in [-0.39, 0.29) is 12.3 Å². The fourth-order valence-corrected chi connectivity index (χ4v) is 2.55. The highest BCUT2D eigenvalue weighted by Gasteiger charge is 2.32. The van der Waals surface area contributed by atoms with Gasteiger partial charge in [-0.2, -0.15) is 0 Å². The molecule has 2 N–H and O–H groups in total. The molecule has 0 aliphatic heterocycles. The molecule has 2 atom stereocenters. The smallest absolute Gasteiger partial charge is 0.223 e. The van der Waals surface area contributed by atoms with Crippen LogP contribution in [0.2, 0.25) is 0 Å². The summed E-state index contributed by atoms with van der Waals surface area (Å²) < 4.78 is 13.1. The van der Waals surface area contributed by atoms with Crippen LogP contribution in [-0.4, -0.2) is 42.6 Å². The average molecular weight is 294 g/mol. The van der Waals surface area contributed by atoms with Gasteiger partial charge in [0.05, 0.1) is 12.5 Å². The molecule has 1 amide bonds. The molecule has 1 aliphatic carbocycles. The van der Waals surface area contributed by atoms with Gasteiger partial charge < -0.3 is 15.3 Å². The van der Waals surface area contributed by atoms with E-state index in [1.165, 1.54) is 31.0 Å². The van der Waals surface area contributed by atoms with Crippen molar-refractivity contribution in [1.29, 1.82) is 0 Å². The van der Waals surface area contributed by atoms with Crippen LogP contribution in [0.1, 0.15) is 30.9 Å². The van der Waals surface area contributed by atoms with E-state index in [9.17, 15) is 14.3 Å². The maximum atomic E-state index is 13.1. The van der Waals surface area contributed by atoms with Gasteiger partial charge in [0.15, 0.2) is 0 Å². The van der Waals surface area contributed by atoms with Crippen LogP contribution < -0.4 is 5.32 Å². The summed E-state index contributed by atoms with van der Waals surface area (Å²) in [5.74, 6) is 0.0427. The maximum Gasteiger partial charge on any atom is 0.223 e. The lowest BCUT2D eigenvalue weighted by atomic mass is 10.1. The maximum absolute atomic E-state index is 13.1. The molecule has 1 aliphatic rings. The lowest BCUT2D eigenvalue weighted by Gasteiger charge is -2.24. The molecule has 0 aromatic heterocycles. The molecule has 5 heteroatoms. The van der Waals surface area contributed by atoms with E-state index in [4.69, 9.17) is 0 Å². The molecule has 1 saturated carbocycles. The SMILES string of the molecule is CN(C)C(CNC(=O)CC(O)c1cccc(F)c1)C1CC1. The standard InChI is InChI=1S/C16H23FN2O2/c1-19(2)14(11-6-7-11)10-18-16(21)9-15(20)12-4-3-5-13(17)8-12/h3-5,8,11,14-15,20H,6-7,9-10H2,1-2H3,(H,18,21). The summed E-state index contributed by atoms with van der Waals surface area (Å²) in [4.78, 5) is 14.0. The van der Waals surface area contributed by atoms with Crippen LogP contribution >= 0.6 is 0 Å². The third kappa shape index (κ3) is 4.79. The van der Waals surface area contributed by atoms with E-state index < -0.39 is 11.9 Å². The third-order valence-corrected chi connectivity index (χ3v) is 3.95. The van der Waals surface area contributed by atoms with Crippen LogP contribution in [0.3, 0.4) is 0 Å². The third-order valence-electron chi connectivity index (χ3n) is 3.95. The van der Waals surface area contributed by atoms with Gasteiger partial charge in [-0.3, -0.25) is 4.79 Å². The van der Waals surface area contributed by atoms with E-state index >= 15 is 0 Å². The highest BCUT2D eigenvalue weighted by molar-refractivity contribution is 5.76. The van der Waals surface area contributed by atoms with Gasteiger partial charge >= 0.3 is 0 Å². The van der Waals surface area contributed by atoms with E-state index in [0.717, 1.165) is 0 Å². The summed E-state index contributed by atoms with van der Waals surface area (Å²) in [5.41, 5.74) is 0.427. The predicted octanol–water partition coefficient (Wildman–Crippen LogP) is 1.71. The van der Waals surface area contributed by atoms with Gasteiger partial charge in [0, 0.05) is 12.6 Å². The Morgan fingerprint density at radius 2 is 2.19 bits per heavy atom. The fourth-order valence-electron chi connectivity index (χ4n) is 2.55. The highest BCUT2D eigenvalue weighted by atomic mass is 19.1. The molecule has 2 unspecified atom stereocenters. The molecule has 0 bridgehead atoms. The number of hydrogen-bond donors (Lipinski definition) is 2. The topological polar surface area (TPSA) is 52.6 Å². The Bertz CT molecular complexity index is 487. The predicted molar refractivity (Wildman–Crippen MR) is 79.2 cm³/mol. The van der Waals surface area contributed by atoms with Crippen molar-refractivity contribution < 1.29 is 14.3 Å². The van der Waals surface area contributed by atoms with E-state index in [2.05, 4.69) is 10.2 Å². The minimum Gasteiger partial charge on any atom is -0.388 e. The molecular formula is C16H23FN2O2. The normalized spacial score (nSPS) is 17.6. The number of carbonyl (C=O) groups excluding carboxylic acids is 1. The van der Waals surface area contributed by atoms with Crippen molar-refractivity contribution in [1.82, 2.24) is 10.2 Å². The molecule has 0 radical (unpaired) electrons. The molecule has 1 fully saturated rings. The molecule has 21 heavy (non-hydrogen) atoms. The summed E-state index contributed by atoms with van der Waals surface area (Å²) in [6, 6.07) is 6.06. The van der Waals surface area contributed by atoms with Gasteiger partial charge in [0.2, 0.25) is 5.91 Å². The molecule has 2 rings (SSSR count). The van der Waals surface area contributed by atoms with Crippen LogP contribution in [0.4, 0.5) is 4.39 Å². The molecule has 0 saturated heterocycles. The van der Waals surface area contributed by atoms with Crippen LogP contribution in [0, 0.1) is 11.7 Å². The first-order valence-electron chi connectivity index (χ1n) is 7.34. The minimum absolute atomic E-state index is 0.0474. The van der Waals surface area contributed by atoms with Crippen LogP contribution in [-0.2, 0) is 4.79 Å². The second-order valence-corrected chi connectivity index (χ2v) is 5.95. The number of nitrogens with one attached hydrogen (secondary N) is 1. The van der Waals surface area contributed by atoms with Gasteiger partial charge in [0.25, 0.3) is 0 Å². The zero-order valence-corrected chi connectivity index (χ0v) is 12.6. The van der Waals surface area contributed by atoms with Crippen LogP contribution in [0.5, 0.6) is 0 Å². The van der Waals surface area contributed by atoms with E-state index in [1.54, 1.807) is 6.07 Å². The van der Waals surface area contributed by atoms with Gasteiger partial charge in [-0.05, 0) is 50.6 Å². The van der Waals surface area contributed by atoms with Gasteiger partial charge in [-0.1, -0.05) is 12.1 Å². The zero-order valence-electron chi connectivity index (χ0n) is 12.6. The average Bonchev–Trinajstić information content (AvgIpc) is 3.23. The summed E-state index contributed by atoms with van der Waals surface area (Å²) in [7, 11) is 4.02. The van der Waals surface area contributed by atoms with Gasteiger partial charge in [-0.15, -0.1) is 0 Å². The number of carbonyl (C=O) groups is 1. The largest absolute Gasteiger partial charge is 0.388 e. The first-order valence-corrected chi connectivity index (χ1v) is 7.34. The summed E-state index contributed by atoms with van der Waals surface area (Å²) in [6.45, 7) is 0.590. The number of rotatable bonds is 7. The number of nitrogens with zero attached hydrogens (tertiary/aromatic N) is 1. The molecule has 116 valence electrons. The number of halogens is 1.